The first kappa shape index (κ1) is 19.9. The maximum Gasteiger partial charge on any atom is 0.358 e. The molecule has 0 unspecified atom stereocenters. The van der Waals surface area contributed by atoms with Crippen LogP contribution in [-0.2, 0) is 25.5 Å². The van der Waals surface area contributed by atoms with Gasteiger partial charge in [-0.15, -0.1) is 0 Å². The van der Waals surface area contributed by atoms with Crippen molar-refractivity contribution in [1.29, 1.82) is 0 Å². The second kappa shape index (κ2) is 7.45. The molecule has 0 aliphatic rings. The molecule has 0 atom stereocenters. The first-order valence-electron chi connectivity index (χ1n) is 9.17. The van der Waals surface area contributed by atoms with Crippen molar-refractivity contribution in [3.05, 3.63) is 46.8 Å². The Morgan fingerprint density at radius 2 is 1.67 bits per heavy atom. The molecule has 4 heterocycles. The standard InChI is InChI=1S/C19H21ClN8O2/c1-11-13(8-25(3)21-11)17-16(20)18(14-9-26(4)22-12(14)2)28(24-17)10-27-7-6-15(23-27)19(29)30-5/h6-9H,10H2,1-5H3. The number of hydrogen-bond acceptors (Lipinski definition) is 6. The van der Waals surface area contributed by atoms with E-state index in [1.165, 1.54) is 7.11 Å². The molecule has 0 aliphatic heterocycles. The summed E-state index contributed by atoms with van der Waals surface area (Å²) < 4.78 is 11.5. The molecule has 0 N–H and O–H groups in total. The van der Waals surface area contributed by atoms with Crippen LogP contribution in [0.15, 0.2) is 24.7 Å². The van der Waals surface area contributed by atoms with Crippen LogP contribution >= 0.6 is 11.6 Å². The van der Waals surface area contributed by atoms with E-state index in [2.05, 4.69) is 15.3 Å². The van der Waals surface area contributed by atoms with E-state index in [4.69, 9.17) is 21.4 Å². The van der Waals surface area contributed by atoms with Crippen molar-refractivity contribution in [1.82, 2.24) is 39.1 Å². The van der Waals surface area contributed by atoms with Crippen LogP contribution in [0.1, 0.15) is 21.9 Å². The number of halogens is 1. The number of ether oxygens (including phenoxy) is 1. The molecular weight excluding hydrogens is 408 g/mol. The quantitative estimate of drug-likeness (QED) is 0.453. The van der Waals surface area contributed by atoms with E-state index in [1.807, 2.05) is 40.3 Å². The second-order valence-corrected chi connectivity index (χ2v) is 7.37. The minimum atomic E-state index is -0.498. The Balaban J connectivity index is 1.85. The number of carbonyl (C=O) groups is 1. The predicted molar refractivity (Wildman–Crippen MR) is 110 cm³/mol. The normalized spacial score (nSPS) is 11.3. The largest absolute Gasteiger partial charge is 0.464 e. The Hall–Kier alpha value is -3.40. The monoisotopic (exact) mass is 428 g/mol. The summed E-state index contributed by atoms with van der Waals surface area (Å²) >= 11 is 6.84. The lowest BCUT2D eigenvalue weighted by Gasteiger charge is -2.07. The van der Waals surface area contributed by atoms with Gasteiger partial charge in [-0.1, -0.05) is 11.6 Å². The van der Waals surface area contributed by atoms with Gasteiger partial charge in [0, 0.05) is 43.8 Å². The highest BCUT2D eigenvalue weighted by atomic mass is 35.5. The third kappa shape index (κ3) is 3.39. The molecule has 0 saturated carbocycles. The molecule has 0 fully saturated rings. The molecule has 0 bridgehead atoms. The Kier molecular flexibility index (Phi) is 4.94. The van der Waals surface area contributed by atoms with Crippen molar-refractivity contribution in [2.45, 2.75) is 20.5 Å². The topological polar surface area (TPSA) is 97.6 Å². The predicted octanol–water partition coefficient (Wildman–Crippen LogP) is 2.44. The van der Waals surface area contributed by atoms with Gasteiger partial charge in [-0.05, 0) is 19.9 Å². The summed E-state index contributed by atoms with van der Waals surface area (Å²) in [6.07, 6.45) is 5.48. The summed E-state index contributed by atoms with van der Waals surface area (Å²) in [4.78, 5) is 11.7. The van der Waals surface area contributed by atoms with Crippen molar-refractivity contribution >= 4 is 17.6 Å². The lowest BCUT2D eigenvalue weighted by Crippen LogP contribution is -2.13. The number of hydrogen-bond donors (Lipinski definition) is 0. The summed E-state index contributed by atoms with van der Waals surface area (Å²) in [5, 5.41) is 18.4. The molecule has 4 aromatic rings. The lowest BCUT2D eigenvalue weighted by molar-refractivity contribution is 0.0593. The third-order valence-electron chi connectivity index (χ3n) is 4.75. The average Bonchev–Trinajstić information content (AvgIpc) is 3.43. The van der Waals surface area contributed by atoms with Crippen LogP contribution in [0.4, 0.5) is 0 Å². The van der Waals surface area contributed by atoms with Crippen molar-refractivity contribution in [2.24, 2.45) is 14.1 Å². The highest BCUT2D eigenvalue weighted by molar-refractivity contribution is 6.35. The van der Waals surface area contributed by atoms with Gasteiger partial charge in [0.25, 0.3) is 0 Å². The molecule has 4 aromatic heterocycles. The Morgan fingerprint density at radius 1 is 1.03 bits per heavy atom. The van der Waals surface area contributed by atoms with E-state index < -0.39 is 5.97 Å². The molecular formula is C19H21ClN8O2. The maximum atomic E-state index is 11.7. The molecule has 11 heteroatoms. The highest BCUT2D eigenvalue weighted by Gasteiger charge is 2.24. The van der Waals surface area contributed by atoms with Crippen LogP contribution in [-0.4, -0.2) is 52.2 Å². The van der Waals surface area contributed by atoms with Gasteiger partial charge in [-0.2, -0.15) is 20.4 Å². The van der Waals surface area contributed by atoms with Crippen molar-refractivity contribution in [3.63, 3.8) is 0 Å². The zero-order chi connectivity index (χ0) is 21.6. The molecule has 0 amide bonds. The molecule has 0 radical (unpaired) electrons. The van der Waals surface area contributed by atoms with E-state index in [0.29, 0.717) is 10.7 Å². The van der Waals surface area contributed by atoms with E-state index in [-0.39, 0.29) is 12.4 Å². The van der Waals surface area contributed by atoms with Crippen LogP contribution in [0.2, 0.25) is 5.02 Å². The Bertz CT molecular complexity index is 1250. The number of aromatic nitrogens is 8. The Labute approximate surface area is 177 Å². The SMILES string of the molecule is COC(=O)c1ccn(Cn2nc(-c3cn(C)nc3C)c(Cl)c2-c2cn(C)nc2C)n1. The second-order valence-electron chi connectivity index (χ2n) is 6.99. The molecule has 0 saturated heterocycles. The summed E-state index contributed by atoms with van der Waals surface area (Å²) in [6.45, 7) is 4.08. The van der Waals surface area contributed by atoms with Gasteiger partial charge in [-0.3, -0.25) is 14.0 Å². The molecule has 156 valence electrons. The van der Waals surface area contributed by atoms with Gasteiger partial charge in [0.1, 0.15) is 12.4 Å². The van der Waals surface area contributed by atoms with Crippen molar-refractivity contribution < 1.29 is 9.53 Å². The fraction of sp³-hybridized carbons (Fsp3) is 0.316. The molecule has 10 nitrogen and oxygen atoms in total. The van der Waals surface area contributed by atoms with Gasteiger partial charge in [-0.25, -0.2) is 9.48 Å². The van der Waals surface area contributed by atoms with E-state index >= 15 is 0 Å². The minimum Gasteiger partial charge on any atom is -0.464 e. The van der Waals surface area contributed by atoms with Crippen LogP contribution in [0, 0.1) is 13.8 Å². The van der Waals surface area contributed by atoms with Crippen LogP contribution in [0.3, 0.4) is 0 Å². The van der Waals surface area contributed by atoms with Gasteiger partial charge in [0.2, 0.25) is 0 Å². The number of methoxy groups -OCH3 is 1. The van der Waals surface area contributed by atoms with Gasteiger partial charge < -0.3 is 4.74 Å². The summed E-state index contributed by atoms with van der Waals surface area (Å²) in [5.74, 6) is -0.498. The average molecular weight is 429 g/mol. The zero-order valence-electron chi connectivity index (χ0n) is 17.3. The van der Waals surface area contributed by atoms with Crippen LogP contribution < -0.4 is 0 Å². The maximum absolute atomic E-state index is 11.7. The highest BCUT2D eigenvalue weighted by Crippen LogP contribution is 2.38. The number of esters is 1. The first-order valence-corrected chi connectivity index (χ1v) is 9.55. The first-order chi connectivity index (χ1) is 14.3. The molecule has 0 aliphatic carbocycles. The van der Waals surface area contributed by atoms with Crippen LogP contribution in [0.5, 0.6) is 0 Å². The summed E-state index contributed by atoms with van der Waals surface area (Å²) in [5.41, 5.74) is 4.92. The molecule has 4 rings (SSSR count). The fourth-order valence-corrected chi connectivity index (χ4v) is 3.77. The lowest BCUT2D eigenvalue weighted by atomic mass is 10.1. The fourth-order valence-electron chi connectivity index (χ4n) is 3.43. The molecule has 30 heavy (non-hydrogen) atoms. The smallest absolute Gasteiger partial charge is 0.358 e. The van der Waals surface area contributed by atoms with Gasteiger partial charge in [0.05, 0.1) is 29.2 Å². The summed E-state index contributed by atoms with van der Waals surface area (Å²) in [7, 11) is 5.03. The summed E-state index contributed by atoms with van der Waals surface area (Å²) in [6, 6.07) is 1.60. The Morgan fingerprint density at radius 3 is 2.23 bits per heavy atom. The van der Waals surface area contributed by atoms with E-state index in [1.54, 1.807) is 31.0 Å². The molecule has 0 spiro atoms. The molecule has 0 aromatic carbocycles. The number of aryl methyl sites for hydroxylation is 4. The van der Waals surface area contributed by atoms with Crippen molar-refractivity contribution in [2.75, 3.05) is 7.11 Å². The van der Waals surface area contributed by atoms with Crippen molar-refractivity contribution in [3.8, 4) is 22.5 Å². The number of rotatable bonds is 5. The number of carbonyl (C=O) groups excluding carboxylic acids is 1. The van der Waals surface area contributed by atoms with Crippen LogP contribution in [0.25, 0.3) is 22.5 Å². The number of nitrogens with zero attached hydrogens (tertiary/aromatic N) is 8. The van der Waals surface area contributed by atoms with Gasteiger partial charge in [0.15, 0.2) is 5.69 Å². The van der Waals surface area contributed by atoms with Gasteiger partial charge >= 0.3 is 5.97 Å². The van der Waals surface area contributed by atoms with E-state index in [0.717, 1.165) is 28.2 Å². The zero-order valence-corrected chi connectivity index (χ0v) is 18.0. The third-order valence-corrected chi connectivity index (χ3v) is 5.10. The minimum absolute atomic E-state index is 0.221. The van der Waals surface area contributed by atoms with E-state index in [9.17, 15) is 4.79 Å².